The first-order valence-corrected chi connectivity index (χ1v) is 6.51. The van der Waals surface area contributed by atoms with Crippen LogP contribution >= 0.6 is 15.9 Å². The van der Waals surface area contributed by atoms with Gasteiger partial charge in [0.2, 0.25) is 0 Å². The number of likely N-dealkylation sites (N-methyl/N-ethyl adjacent to an activating group) is 1. The molecule has 0 saturated heterocycles. The van der Waals surface area contributed by atoms with Crippen LogP contribution in [0.15, 0.2) is 22.8 Å². The zero-order valence-corrected chi connectivity index (χ0v) is 11.8. The predicted octanol–water partition coefficient (Wildman–Crippen LogP) is 2.83. The van der Waals surface area contributed by atoms with Gasteiger partial charge in [-0.2, -0.15) is 0 Å². The van der Waals surface area contributed by atoms with Crippen LogP contribution in [0.4, 0.5) is 5.82 Å². The van der Waals surface area contributed by atoms with E-state index in [-0.39, 0.29) is 0 Å². The summed E-state index contributed by atoms with van der Waals surface area (Å²) in [6.45, 7) is 1.53. The van der Waals surface area contributed by atoms with Crippen LogP contribution in [-0.2, 0) is 0 Å². The lowest BCUT2D eigenvalue weighted by molar-refractivity contribution is 0.312. The van der Waals surface area contributed by atoms with Crippen molar-refractivity contribution in [3.05, 3.63) is 22.8 Å². The summed E-state index contributed by atoms with van der Waals surface area (Å²) in [5.41, 5.74) is 0. The van der Waals surface area contributed by atoms with E-state index >= 15 is 0 Å². The molecule has 1 aromatic carbocycles. The molecule has 0 aliphatic carbocycles. The van der Waals surface area contributed by atoms with E-state index in [4.69, 9.17) is 9.47 Å². The van der Waals surface area contributed by atoms with Gasteiger partial charge in [0.25, 0.3) is 0 Å². The third kappa shape index (κ3) is 1.70. The fourth-order valence-corrected chi connectivity index (χ4v) is 2.65. The topological polar surface area (TPSA) is 34.6 Å². The highest BCUT2D eigenvalue weighted by molar-refractivity contribution is 9.10. The van der Waals surface area contributed by atoms with Gasteiger partial charge in [0, 0.05) is 17.8 Å². The van der Waals surface area contributed by atoms with Crippen molar-refractivity contribution in [1.82, 2.24) is 4.98 Å². The van der Waals surface area contributed by atoms with Gasteiger partial charge >= 0.3 is 0 Å². The van der Waals surface area contributed by atoms with E-state index in [9.17, 15) is 0 Å². The van der Waals surface area contributed by atoms with Gasteiger partial charge in [-0.25, -0.2) is 4.98 Å². The number of rotatable bonds is 1. The second-order valence-electron chi connectivity index (χ2n) is 4.24. The van der Waals surface area contributed by atoms with E-state index in [0.717, 1.165) is 39.2 Å². The number of anilines is 1. The van der Waals surface area contributed by atoms with Gasteiger partial charge in [-0.3, -0.25) is 0 Å². The zero-order valence-electron chi connectivity index (χ0n) is 10.2. The second kappa shape index (κ2) is 4.31. The molecule has 0 spiro atoms. The number of ether oxygens (including phenoxy) is 2. The lowest BCUT2D eigenvalue weighted by atomic mass is 10.1. The Morgan fingerprint density at radius 2 is 2.22 bits per heavy atom. The van der Waals surface area contributed by atoms with E-state index in [1.165, 1.54) is 0 Å². The van der Waals surface area contributed by atoms with Crippen LogP contribution < -0.4 is 14.4 Å². The molecule has 4 nitrogen and oxygen atoms in total. The molecule has 5 heteroatoms. The Balaban J connectivity index is 2.34. The number of halogens is 1. The first kappa shape index (κ1) is 11.6. The SMILES string of the molecule is COc1ccc2c(Br)nc3c(c2c1)OCCN3C. The average Bonchev–Trinajstić information content (AvgIpc) is 2.40. The van der Waals surface area contributed by atoms with E-state index in [1.807, 2.05) is 25.2 Å². The third-order valence-corrected chi connectivity index (χ3v) is 3.74. The van der Waals surface area contributed by atoms with Crippen molar-refractivity contribution in [2.75, 3.05) is 32.2 Å². The Labute approximate surface area is 114 Å². The molecule has 18 heavy (non-hydrogen) atoms. The fraction of sp³-hybridized carbons (Fsp3) is 0.308. The molecule has 0 unspecified atom stereocenters. The van der Waals surface area contributed by atoms with Crippen molar-refractivity contribution in [2.45, 2.75) is 0 Å². The summed E-state index contributed by atoms with van der Waals surface area (Å²) in [7, 11) is 3.68. The summed E-state index contributed by atoms with van der Waals surface area (Å²) in [6, 6.07) is 5.90. The van der Waals surface area contributed by atoms with Crippen LogP contribution in [0.2, 0.25) is 0 Å². The Morgan fingerprint density at radius 1 is 1.39 bits per heavy atom. The minimum atomic E-state index is 0.680. The number of methoxy groups -OCH3 is 1. The molecule has 0 saturated carbocycles. The number of hydrogen-bond donors (Lipinski definition) is 0. The van der Waals surface area contributed by atoms with E-state index in [1.54, 1.807) is 7.11 Å². The van der Waals surface area contributed by atoms with Gasteiger partial charge in [-0.15, -0.1) is 0 Å². The lowest BCUT2D eigenvalue weighted by Crippen LogP contribution is -2.29. The molecule has 1 aromatic heterocycles. The lowest BCUT2D eigenvalue weighted by Gasteiger charge is -2.27. The normalized spacial score (nSPS) is 14.3. The first-order valence-electron chi connectivity index (χ1n) is 5.72. The number of hydrogen-bond acceptors (Lipinski definition) is 4. The van der Waals surface area contributed by atoms with Gasteiger partial charge in [-0.1, -0.05) is 0 Å². The number of benzene rings is 1. The van der Waals surface area contributed by atoms with Crippen molar-refractivity contribution < 1.29 is 9.47 Å². The monoisotopic (exact) mass is 308 g/mol. The van der Waals surface area contributed by atoms with Crippen LogP contribution in [0.3, 0.4) is 0 Å². The van der Waals surface area contributed by atoms with E-state index < -0.39 is 0 Å². The molecule has 0 fully saturated rings. The Bertz CT molecular complexity index is 615. The molecule has 0 amide bonds. The maximum Gasteiger partial charge on any atom is 0.173 e. The van der Waals surface area contributed by atoms with Crippen molar-refractivity contribution in [3.8, 4) is 11.5 Å². The summed E-state index contributed by atoms with van der Waals surface area (Å²) in [6.07, 6.45) is 0. The van der Waals surface area contributed by atoms with Crippen molar-refractivity contribution in [3.63, 3.8) is 0 Å². The molecule has 2 aromatic rings. The first-order chi connectivity index (χ1) is 8.70. The highest BCUT2D eigenvalue weighted by Gasteiger charge is 2.21. The van der Waals surface area contributed by atoms with Gasteiger partial charge in [0.1, 0.15) is 17.0 Å². The Kier molecular flexibility index (Phi) is 2.78. The summed E-state index contributed by atoms with van der Waals surface area (Å²) in [5.74, 6) is 2.52. The Morgan fingerprint density at radius 3 is 3.00 bits per heavy atom. The number of nitrogens with zero attached hydrogens (tertiary/aromatic N) is 2. The van der Waals surface area contributed by atoms with Crippen LogP contribution in [0.5, 0.6) is 11.5 Å². The van der Waals surface area contributed by atoms with Crippen LogP contribution in [-0.4, -0.2) is 32.3 Å². The molecule has 1 aliphatic rings. The summed E-state index contributed by atoms with van der Waals surface area (Å²) in [4.78, 5) is 6.65. The van der Waals surface area contributed by atoms with Crippen molar-refractivity contribution in [1.29, 1.82) is 0 Å². The minimum absolute atomic E-state index is 0.680. The maximum atomic E-state index is 5.78. The quantitative estimate of drug-likeness (QED) is 0.759. The number of fused-ring (bicyclic) bond motifs is 3. The highest BCUT2D eigenvalue weighted by Crippen LogP contribution is 2.40. The molecule has 3 rings (SSSR count). The third-order valence-electron chi connectivity index (χ3n) is 3.14. The molecule has 94 valence electrons. The molecule has 1 aliphatic heterocycles. The summed E-state index contributed by atoms with van der Waals surface area (Å²) >= 11 is 3.52. The van der Waals surface area contributed by atoms with Gasteiger partial charge in [0.15, 0.2) is 11.6 Å². The molecule has 2 heterocycles. The van der Waals surface area contributed by atoms with E-state index in [2.05, 4.69) is 25.8 Å². The van der Waals surface area contributed by atoms with Crippen molar-refractivity contribution >= 4 is 32.5 Å². The predicted molar refractivity (Wildman–Crippen MR) is 74.8 cm³/mol. The van der Waals surface area contributed by atoms with Gasteiger partial charge < -0.3 is 14.4 Å². The van der Waals surface area contributed by atoms with Gasteiger partial charge in [-0.05, 0) is 34.1 Å². The zero-order chi connectivity index (χ0) is 12.7. The fourth-order valence-electron chi connectivity index (χ4n) is 2.13. The molecular formula is C13H13BrN2O2. The van der Waals surface area contributed by atoms with Crippen LogP contribution in [0, 0.1) is 0 Å². The van der Waals surface area contributed by atoms with Crippen LogP contribution in [0.25, 0.3) is 10.8 Å². The van der Waals surface area contributed by atoms with Gasteiger partial charge in [0.05, 0.1) is 13.7 Å². The van der Waals surface area contributed by atoms with Crippen molar-refractivity contribution in [2.24, 2.45) is 0 Å². The maximum absolute atomic E-state index is 5.78. The molecule has 0 atom stereocenters. The Hall–Kier alpha value is -1.49. The highest BCUT2D eigenvalue weighted by atomic mass is 79.9. The number of aromatic nitrogens is 1. The summed E-state index contributed by atoms with van der Waals surface area (Å²) < 4.78 is 11.9. The van der Waals surface area contributed by atoms with Crippen LogP contribution in [0.1, 0.15) is 0 Å². The standard InChI is InChI=1S/C13H13BrN2O2/c1-16-5-6-18-11-10-7-8(17-2)3-4-9(10)12(14)15-13(11)16/h3-4,7H,5-6H2,1-2H3. The second-order valence-corrected chi connectivity index (χ2v) is 4.99. The summed E-state index contributed by atoms with van der Waals surface area (Å²) in [5, 5.41) is 2.06. The largest absolute Gasteiger partial charge is 0.497 e. The smallest absolute Gasteiger partial charge is 0.173 e. The molecule has 0 bridgehead atoms. The average molecular weight is 309 g/mol. The molecule has 0 N–H and O–H groups in total. The number of pyridine rings is 1. The van der Waals surface area contributed by atoms with E-state index in [0.29, 0.717) is 6.61 Å². The molecular weight excluding hydrogens is 296 g/mol. The minimum Gasteiger partial charge on any atom is -0.497 e. The molecule has 0 radical (unpaired) electrons.